The van der Waals surface area contributed by atoms with E-state index in [4.69, 9.17) is 5.73 Å². The summed E-state index contributed by atoms with van der Waals surface area (Å²) in [4.78, 5) is 11.4. The summed E-state index contributed by atoms with van der Waals surface area (Å²) in [6, 6.07) is 0. The number of hydrogen-bond acceptors (Lipinski definition) is 6. The van der Waals surface area contributed by atoms with E-state index < -0.39 is 16.6 Å². The van der Waals surface area contributed by atoms with Crippen LogP contribution in [0.25, 0.3) is 0 Å². The van der Waals surface area contributed by atoms with Crippen LogP contribution in [0.15, 0.2) is 12.2 Å². The van der Waals surface area contributed by atoms with E-state index in [1.165, 1.54) is 0 Å². The first kappa shape index (κ1) is 20.5. The average Bonchev–Trinajstić information content (AvgIpc) is 2.28. The Morgan fingerprint density at radius 1 is 1.47 bits per heavy atom. The first-order valence-electron chi connectivity index (χ1n) is 5.78. The van der Waals surface area contributed by atoms with Gasteiger partial charge in [0.05, 0.1) is 27.7 Å². The molecular formula is C11H24N2O5S. The third-order valence-electron chi connectivity index (χ3n) is 2.38. The number of nitrogens with two attached hydrogens (primary N) is 1. The van der Waals surface area contributed by atoms with E-state index in [9.17, 15) is 17.8 Å². The van der Waals surface area contributed by atoms with Crippen LogP contribution in [0.5, 0.6) is 0 Å². The van der Waals surface area contributed by atoms with Gasteiger partial charge in [-0.05, 0) is 19.4 Å². The van der Waals surface area contributed by atoms with E-state index in [1.54, 1.807) is 12.2 Å². The number of likely N-dealkylation sites (N-methyl/N-ethyl adjacent to an activating group) is 1. The predicted molar refractivity (Wildman–Crippen MR) is 71.8 cm³/mol. The van der Waals surface area contributed by atoms with Crippen molar-refractivity contribution in [3.63, 3.8) is 0 Å². The Hall–Kier alpha value is -0.800. The van der Waals surface area contributed by atoms with Crippen molar-refractivity contribution >= 4 is 16.2 Å². The molecule has 0 aromatic rings. The summed E-state index contributed by atoms with van der Waals surface area (Å²) in [5, 5.41) is 0. The summed E-state index contributed by atoms with van der Waals surface area (Å²) in [6.45, 7) is 4.84. The lowest BCUT2D eigenvalue weighted by Gasteiger charge is -2.33. The second-order valence-corrected chi connectivity index (χ2v) is 5.57. The monoisotopic (exact) mass is 296 g/mol. The topological polar surface area (TPSA) is 110 Å². The number of ketones is 1. The fraction of sp³-hybridized carbons (Fsp3) is 0.727. The number of carbonyl (C=O) groups is 1. The molecule has 8 heteroatoms. The maximum Gasteiger partial charge on any atom is 0.228 e. The zero-order chi connectivity index (χ0) is 15.7. The van der Waals surface area contributed by atoms with Crippen molar-refractivity contribution in [1.29, 1.82) is 0 Å². The molecule has 0 amide bonds. The Balaban J connectivity index is 0. The third-order valence-corrected chi connectivity index (χ3v) is 2.79. The number of allylic oxidation sites excluding steroid dienone is 1. The van der Waals surface area contributed by atoms with E-state index in [0.717, 1.165) is 20.1 Å². The van der Waals surface area contributed by atoms with Crippen LogP contribution in [0.4, 0.5) is 0 Å². The first-order chi connectivity index (χ1) is 8.51. The number of quaternary nitrogens is 1. The summed E-state index contributed by atoms with van der Waals surface area (Å²) in [5.41, 5.74) is 5.84. The molecule has 19 heavy (non-hydrogen) atoms. The quantitative estimate of drug-likeness (QED) is 0.243. The van der Waals surface area contributed by atoms with Crippen molar-refractivity contribution in [2.45, 2.75) is 26.4 Å². The van der Waals surface area contributed by atoms with Crippen LogP contribution >= 0.6 is 0 Å². The van der Waals surface area contributed by atoms with Gasteiger partial charge in [-0.2, -0.15) is 0 Å². The molecule has 0 saturated carbocycles. The Morgan fingerprint density at radius 2 is 1.89 bits per heavy atom. The van der Waals surface area contributed by atoms with Gasteiger partial charge < -0.3 is 9.04 Å². The van der Waals surface area contributed by atoms with Crippen LogP contribution in [0.3, 0.4) is 0 Å². The smallest absolute Gasteiger partial charge is 0.228 e. The molecule has 0 spiro atoms. The molecule has 114 valence electrons. The van der Waals surface area contributed by atoms with E-state index >= 15 is 0 Å². The molecule has 7 nitrogen and oxygen atoms in total. The van der Waals surface area contributed by atoms with Gasteiger partial charge in [-0.3, -0.25) is 14.7 Å². The van der Waals surface area contributed by atoms with E-state index in [-0.39, 0.29) is 5.78 Å². The molecule has 0 rings (SSSR count). The zero-order valence-corrected chi connectivity index (χ0v) is 12.9. The van der Waals surface area contributed by atoms with Gasteiger partial charge in [0.25, 0.3) is 0 Å². The van der Waals surface area contributed by atoms with Crippen molar-refractivity contribution in [1.82, 2.24) is 0 Å². The van der Waals surface area contributed by atoms with Crippen molar-refractivity contribution in [2.75, 3.05) is 27.7 Å². The molecule has 0 radical (unpaired) electrons. The molecule has 1 unspecified atom stereocenters. The van der Waals surface area contributed by atoms with Crippen molar-refractivity contribution < 1.29 is 26.4 Å². The lowest BCUT2D eigenvalue weighted by molar-refractivity contribution is -0.905. The Bertz CT molecular complexity index is 390. The maximum absolute atomic E-state index is 11.4. The van der Waals surface area contributed by atoms with Gasteiger partial charge in [-0.25, -0.2) is 8.42 Å². The van der Waals surface area contributed by atoms with Gasteiger partial charge in [0, 0.05) is 0 Å². The molecule has 0 bridgehead atoms. The highest BCUT2D eigenvalue weighted by atomic mass is 32.3. The highest BCUT2D eigenvalue weighted by Crippen LogP contribution is 2.04. The minimum Gasteiger partial charge on any atom is -0.726 e. The number of hydrogen-bond donors (Lipinski definition) is 1. The largest absolute Gasteiger partial charge is 0.726 e. The average molecular weight is 296 g/mol. The fourth-order valence-electron chi connectivity index (χ4n) is 1.32. The van der Waals surface area contributed by atoms with Gasteiger partial charge in [-0.1, -0.05) is 13.0 Å². The highest BCUT2D eigenvalue weighted by molar-refractivity contribution is 7.80. The highest BCUT2D eigenvalue weighted by Gasteiger charge is 2.28. The van der Waals surface area contributed by atoms with Gasteiger partial charge in [0.2, 0.25) is 22.3 Å². The van der Waals surface area contributed by atoms with Gasteiger partial charge >= 0.3 is 0 Å². The molecule has 0 heterocycles. The molecule has 0 aromatic carbocycles. The summed E-state index contributed by atoms with van der Waals surface area (Å²) in [7, 11) is 0.359. The van der Waals surface area contributed by atoms with Crippen LogP contribution in [-0.2, 0) is 19.4 Å². The second-order valence-electron chi connectivity index (χ2n) is 4.42. The molecule has 0 aliphatic heterocycles. The fourth-order valence-corrected chi connectivity index (χ4v) is 1.32. The zero-order valence-electron chi connectivity index (χ0n) is 12.1. The van der Waals surface area contributed by atoms with Crippen LogP contribution in [-0.4, -0.2) is 57.2 Å². The molecule has 0 aliphatic carbocycles. The van der Waals surface area contributed by atoms with E-state index in [1.807, 2.05) is 21.0 Å². The van der Waals surface area contributed by atoms with Gasteiger partial charge in [0.15, 0.2) is 0 Å². The Kier molecular flexibility index (Phi) is 9.89. The number of rotatable bonds is 6. The second kappa shape index (κ2) is 9.16. The predicted octanol–water partition coefficient (Wildman–Crippen LogP) is -0.00420. The summed E-state index contributed by atoms with van der Waals surface area (Å²) in [6.07, 6.45) is 3.87. The third kappa shape index (κ3) is 10.8. The van der Waals surface area contributed by atoms with Crippen LogP contribution in [0, 0.1) is 0 Å². The van der Waals surface area contributed by atoms with Crippen LogP contribution < -0.4 is 5.73 Å². The molecule has 0 fully saturated rings. The maximum atomic E-state index is 11.4. The van der Waals surface area contributed by atoms with E-state index in [0.29, 0.717) is 4.48 Å². The minimum atomic E-state index is -4.41. The Labute approximate surface area is 115 Å². The van der Waals surface area contributed by atoms with Crippen LogP contribution in [0.1, 0.15) is 20.3 Å². The molecule has 2 N–H and O–H groups in total. The molecule has 0 aromatic heterocycles. The minimum absolute atomic E-state index is 0.000880. The van der Waals surface area contributed by atoms with E-state index in [2.05, 4.69) is 11.1 Å². The molecular weight excluding hydrogens is 272 g/mol. The van der Waals surface area contributed by atoms with Crippen LogP contribution in [0.2, 0.25) is 0 Å². The summed E-state index contributed by atoms with van der Waals surface area (Å²) in [5.74, 6) is 0.000880. The standard InChI is InChI=1S/C10H21N2O.CH4O4S/c1-5-7-9(13)10(11)12(3,4)8-6-2;1-5-6(2,3)4/h5,7,10H,6,8,11H2,1-4H3;1H3,(H,2,3,4)/q+1;/p-1. The lowest BCUT2D eigenvalue weighted by Crippen LogP contribution is -2.57. The summed E-state index contributed by atoms with van der Waals surface area (Å²) >= 11 is 0. The normalized spacial score (nSPS) is 13.8. The number of nitrogens with zero attached hydrogens (tertiary/aromatic N) is 1. The SMILES string of the molecule is CC=CC(=O)C(N)[N+](C)(C)CCC.COS(=O)(=O)[O-]. The Morgan fingerprint density at radius 3 is 2.16 bits per heavy atom. The molecule has 0 aliphatic rings. The van der Waals surface area contributed by atoms with Crippen molar-refractivity contribution in [3.05, 3.63) is 12.2 Å². The molecule has 0 saturated heterocycles. The van der Waals surface area contributed by atoms with Crippen molar-refractivity contribution in [2.24, 2.45) is 5.73 Å². The number of carbonyl (C=O) groups excluding carboxylic acids is 1. The van der Waals surface area contributed by atoms with Gasteiger partial charge in [-0.15, -0.1) is 0 Å². The first-order valence-corrected chi connectivity index (χ1v) is 7.11. The van der Waals surface area contributed by atoms with Gasteiger partial charge in [0.1, 0.15) is 0 Å². The van der Waals surface area contributed by atoms with Crippen molar-refractivity contribution in [3.8, 4) is 0 Å². The lowest BCUT2D eigenvalue weighted by atomic mass is 10.2. The molecule has 1 atom stereocenters. The summed E-state index contributed by atoms with van der Waals surface area (Å²) < 4.78 is 31.6.